The normalized spacial score (nSPS) is 23.0. The van der Waals surface area contributed by atoms with Crippen molar-refractivity contribution in [1.82, 2.24) is 29.8 Å². The SMILES string of the molecule is Clc1nn2c(-c3cnccn3)nnc2c2c1C1CCC2CC1. The van der Waals surface area contributed by atoms with Crippen LogP contribution in [-0.4, -0.2) is 29.8 Å². The van der Waals surface area contributed by atoms with Crippen LogP contribution in [0.15, 0.2) is 18.6 Å². The Morgan fingerprint density at radius 2 is 1.77 bits per heavy atom. The van der Waals surface area contributed by atoms with Crippen molar-refractivity contribution >= 4 is 17.2 Å². The zero-order valence-corrected chi connectivity index (χ0v) is 12.5. The summed E-state index contributed by atoms with van der Waals surface area (Å²) in [6.45, 7) is 0. The number of hydrogen-bond acceptors (Lipinski definition) is 5. The van der Waals surface area contributed by atoms with E-state index in [1.165, 1.54) is 36.8 Å². The van der Waals surface area contributed by atoms with Crippen LogP contribution >= 0.6 is 11.6 Å². The first-order valence-electron chi connectivity index (χ1n) is 7.54. The predicted molar refractivity (Wildman–Crippen MR) is 80.8 cm³/mol. The van der Waals surface area contributed by atoms with E-state index in [-0.39, 0.29) is 0 Å². The Hall–Kier alpha value is -2.08. The van der Waals surface area contributed by atoms with Crippen molar-refractivity contribution in [2.24, 2.45) is 0 Å². The minimum Gasteiger partial charge on any atom is -0.261 e. The highest BCUT2D eigenvalue weighted by Crippen LogP contribution is 2.52. The number of aromatic nitrogens is 6. The first-order valence-corrected chi connectivity index (χ1v) is 7.92. The topological polar surface area (TPSA) is 68.9 Å². The van der Waals surface area contributed by atoms with Crippen LogP contribution in [0.3, 0.4) is 0 Å². The van der Waals surface area contributed by atoms with Crippen LogP contribution in [0.1, 0.15) is 48.6 Å². The average Bonchev–Trinajstić information content (AvgIpc) is 3.00. The van der Waals surface area contributed by atoms with E-state index in [4.69, 9.17) is 11.6 Å². The van der Waals surface area contributed by atoms with Gasteiger partial charge in [0, 0.05) is 23.5 Å². The number of hydrogen-bond donors (Lipinski definition) is 0. The minimum absolute atomic E-state index is 0.529. The van der Waals surface area contributed by atoms with Crippen LogP contribution in [0.25, 0.3) is 17.2 Å². The van der Waals surface area contributed by atoms with Crippen molar-refractivity contribution in [1.29, 1.82) is 0 Å². The maximum absolute atomic E-state index is 6.51. The zero-order valence-electron chi connectivity index (χ0n) is 11.8. The van der Waals surface area contributed by atoms with E-state index < -0.39 is 0 Å². The van der Waals surface area contributed by atoms with Crippen molar-refractivity contribution in [2.45, 2.75) is 37.5 Å². The van der Waals surface area contributed by atoms with Crippen molar-refractivity contribution in [3.05, 3.63) is 34.9 Å². The molecule has 7 heteroatoms. The van der Waals surface area contributed by atoms with Crippen LogP contribution in [0.4, 0.5) is 0 Å². The molecule has 22 heavy (non-hydrogen) atoms. The Balaban J connectivity index is 1.82. The monoisotopic (exact) mass is 312 g/mol. The fraction of sp³-hybridized carbons (Fsp3) is 0.400. The molecular weight excluding hydrogens is 300 g/mol. The lowest BCUT2D eigenvalue weighted by Gasteiger charge is -2.38. The second-order valence-electron chi connectivity index (χ2n) is 6.02. The molecule has 0 unspecified atom stereocenters. The molecule has 3 aromatic rings. The second kappa shape index (κ2) is 4.46. The van der Waals surface area contributed by atoms with E-state index in [9.17, 15) is 0 Å². The van der Waals surface area contributed by atoms with Gasteiger partial charge in [-0.1, -0.05) is 11.6 Å². The molecule has 3 aromatic heterocycles. The van der Waals surface area contributed by atoms with Gasteiger partial charge in [0.2, 0.25) is 5.82 Å². The molecule has 6 nitrogen and oxygen atoms in total. The molecule has 1 fully saturated rings. The summed E-state index contributed by atoms with van der Waals surface area (Å²) < 4.78 is 1.73. The lowest BCUT2D eigenvalue weighted by atomic mass is 9.68. The fourth-order valence-corrected chi connectivity index (χ4v) is 4.28. The predicted octanol–water partition coefficient (Wildman–Crippen LogP) is 2.99. The molecule has 0 atom stereocenters. The summed E-state index contributed by atoms with van der Waals surface area (Å²) in [5.74, 6) is 1.65. The molecule has 110 valence electrons. The minimum atomic E-state index is 0.529. The highest BCUT2D eigenvalue weighted by Gasteiger charge is 2.38. The molecule has 2 bridgehead atoms. The fourth-order valence-electron chi connectivity index (χ4n) is 3.95. The van der Waals surface area contributed by atoms with Gasteiger partial charge in [0.05, 0.1) is 6.20 Å². The second-order valence-corrected chi connectivity index (χ2v) is 6.37. The van der Waals surface area contributed by atoms with Crippen LogP contribution in [0.5, 0.6) is 0 Å². The number of nitrogens with zero attached hydrogens (tertiary/aromatic N) is 6. The van der Waals surface area contributed by atoms with Crippen molar-refractivity contribution in [3.63, 3.8) is 0 Å². The highest BCUT2D eigenvalue weighted by atomic mass is 35.5. The van der Waals surface area contributed by atoms with Gasteiger partial charge in [0.1, 0.15) is 5.69 Å². The summed E-state index contributed by atoms with van der Waals surface area (Å²) in [7, 11) is 0. The molecule has 1 saturated carbocycles. The van der Waals surface area contributed by atoms with E-state index >= 15 is 0 Å². The summed E-state index contributed by atoms with van der Waals surface area (Å²) in [6, 6.07) is 0. The zero-order chi connectivity index (χ0) is 14.7. The molecule has 0 N–H and O–H groups in total. The Labute approximate surface area is 131 Å². The Morgan fingerprint density at radius 1 is 1.00 bits per heavy atom. The van der Waals surface area contributed by atoms with Crippen LogP contribution in [-0.2, 0) is 0 Å². The molecule has 3 aliphatic rings. The molecular formula is C15H13ClN6. The van der Waals surface area contributed by atoms with Gasteiger partial charge in [-0.2, -0.15) is 9.61 Å². The highest BCUT2D eigenvalue weighted by molar-refractivity contribution is 6.30. The summed E-state index contributed by atoms with van der Waals surface area (Å²) in [5, 5.41) is 13.8. The molecule has 0 spiro atoms. The third-order valence-electron chi connectivity index (χ3n) is 4.92. The number of rotatable bonds is 1. The molecule has 6 rings (SSSR count). The molecule has 0 aromatic carbocycles. The van der Waals surface area contributed by atoms with E-state index in [2.05, 4.69) is 25.3 Å². The Kier molecular flexibility index (Phi) is 2.52. The van der Waals surface area contributed by atoms with Gasteiger partial charge in [-0.3, -0.25) is 4.98 Å². The van der Waals surface area contributed by atoms with E-state index in [1.807, 2.05) is 0 Å². The largest absolute Gasteiger partial charge is 0.261 e. The van der Waals surface area contributed by atoms with E-state index in [0.717, 1.165) is 5.65 Å². The molecule has 3 aliphatic carbocycles. The van der Waals surface area contributed by atoms with Crippen LogP contribution in [0.2, 0.25) is 5.15 Å². The van der Waals surface area contributed by atoms with Gasteiger partial charge >= 0.3 is 0 Å². The lowest BCUT2D eigenvalue weighted by molar-refractivity contribution is 0.358. The summed E-state index contributed by atoms with van der Waals surface area (Å²) in [5.41, 5.74) is 3.94. The maximum Gasteiger partial charge on any atom is 0.205 e. The quantitative estimate of drug-likeness (QED) is 0.691. The van der Waals surface area contributed by atoms with E-state index in [0.29, 0.717) is 28.5 Å². The van der Waals surface area contributed by atoms with Gasteiger partial charge in [-0.15, -0.1) is 10.2 Å². The number of fused-ring (bicyclic) bond motifs is 3. The molecule has 0 aliphatic heterocycles. The average molecular weight is 313 g/mol. The Morgan fingerprint density at radius 3 is 2.50 bits per heavy atom. The summed E-state index contributed by atoms with van der Waals surface area (Å²) in [6.07, 6.45) is 9.77. The maximum atomic E-state index is 6.51. The molecule has 3 heterocycles. The van der Waals surface area contributed by atoms with Crippen molar-refractivity contribution < 1.29 is 0 Å². The third-order valence-corrected chi connectivity index (χ3v) is 5.20. The smallest absolute Gasteiger partial charge is 0.205 e. The Bertz CT molecular complexity index is 867. The van der Waals surface area contributed by atoms with Crippen molar-refractivity contribution in [3.8, 4) is 11.5 Å². The lowest BCUT2D eigenvalue weighted by Crippen LogP contribution is -2.24. The van der Waals surface area contributed by atoms with Gasteiger partial charge in [0.15, 0.2) is 10.8 Å². The van der Waals surface area contributed by atoms with Gasteiger partial charge in [-0.05, 0) is 37.5 Å². The standard InChI is InChI=1S/C15H13ClN6/c16-13-11-8-1-3-9(4-2-8)12(11)15-20-19-14(22(15)21-13)10-7-17-5-6-18-10/h5-9H,1-4H2. The first kappa shape index (κ1) is 12.5. The molecule has 0 amide bonds. The first-order chi connectivity index (χ1) is 10.8. The van der Waals surface area contributed by atoms with Gasteiger partial charge < -0.3 is 0 Å². The molecule has 0 radical (unpaired) electrons. The number of halogens is 1. The van der Waals surface area contributed by atoms with Gasteiger partial charge in [0.25, 0.3) is 0 Å². The summed E-state index contributed by atoms with van der Waals surface area (Å²) in [4.78, 5) is 8.38. The van der Waals surface area contributed by atoms with Crippen LogP contribution < -0.4 is 0 Å². The van der Waals surface area contributed by atoms with Crippen molar-refractivity contribution in [2.75, 3.05) is 0 Å². The third kappa shape index (κ3) is 1.58. The van der Waals surface area contributed by atoms with E-state index in [1.54, 1.807) is 23.1 Å². The molecule has 0 saturated heterocycles. The van der Waals surface area contributed by atoms with Gasteiger partial charge in [-0.25, -0.2) is 4.98 Å². The van der Waals surface area contributed by atoms with Crippen LogP contribution in [0, 0.1) is 0 Å². The summed E-state index contributed by atoms with van der Waals surface area (Å²) >= 11 is 6.51.